The maximum absolute atomic E-state index is 12.2. The van der Waals surface area contributed by atoms with Crippen LogP contribution in [0.5, 0.6) is 0 Å². The van der Waals surface area contributed by atoms with Crippen LogP contribution < -0.4 is 0 Å². The quantitative estimate of drug-likeness (QED) is 0.513. The fraction of sp³-hybridized carbons (Fsp3) is 0.368. The van der Waals surface area contributed by atoms with E-state index in [9.17, 15) is 29.9 Å². The van der Waals surface area contributed by atoms with Crippen LogP contribution in [0.2, 0.25) is 5.02 Å². The highest BCUT2D eigenvalue weighted by atomic mass is 35.5. The summed E-state index contributed by atoms with van der Waals surface area (Å²) < 4.78 is 0. The van der Waals surface area contributed by atoms with Gasteiger partial charge in [-0.25, -0.2) is 9.59 Å². The molecule has 1 aromatic carbocycles. The van der Waals surface area contributed by atoms with Crippen LogP contribution in [0.3, 0.4) is 0 Å². The van der Waals surface area contributed by atoms with Crippen molar-refractivity contribution < 1.29 is 24.7 Å². The second-order valence-corrected chi connectivity index (χ2v) is 6.59. The Morgan fingerprint density at radius 3 is 1.96 bits per heavy atom. The molecule has 0 spiro atoms. The zero-order valence-corrected chi connectivity index (χ0v) is 16.5. The van der Waals surface area contributed by atoms with Gasteiger partial charge in [-0.05, 0) is 31.4 Å². The Morgan fingerprint density at radius 2 is 1.61 bits per heavy atom. The van der Waals surface area contributed by atoms with Gasteiger partial charge in [0.2, 0.25) is 0 Å². The summed E-state index contributed by atoms with van der Waals surface area (Å²) in [4.78, 5) is 36.7. The van der Waals surface area contributed by atoms with Crippen LogP contribution in [0, 0.1) is 10.1 Å². The lowest BCUT2D eigenvalue weighted by Crippen LogP contribution is -2.35. The van der Waals surface area contributed by atoms with Gasteiger partial charge >= 0.3 is 11.9 Å². The molecule has 0 radical (unpaired) electrons. The fourth-order valence-corrected chi connectivity index (χ4v) is 3.97. The van der Waals surface area contributed by atoms with Gasteiger partial charge in [0.1, 0.15) is 0 Å². The number of rotatable bonds is 7. The Balaban J connectivity index is 2.95. The molecule has 0 saturated heterocycles. The number of non-ortho nitro benzene ring substituents is 1. The first-order valence-electron chi connectivity index (χ1n) is 8.83. The minimum Gasteiger partial charge on any atom is -0.478 e. The second-order valence-electron chi connectivity index (χ2n) is 6.18. The summed E-state index contributed by atoms with van der Waals surface area (Å²) in [5.41, 5.74) is 0.512. The molecule has 0 aliphatic carbocycles. The van der Waals surface area contributed by atoms with Gasteiger partial charge in [-0.1, -0.05) is 25.4 Å². The molecule has 8 nitrogen and oxygen atoms in total. The van der Waals surface area contributed by atoms with Crippen LogP contribution >= 0.6 is 11.6 Å². The minimum absolute atomic E-state index is 0.0731. The van der Waals surface area contributed by atoms with E-state index in [0.29, 0.717) is 30.8 Å². The van der Waals surface area contributed by atoms with Crippen LogP contribution in [-0.4, -0.2) is 38.5 Å². The largest absolute Gasteiger partial charge is 0.478 e. The molecule has 1 aliphatic rings. The summed E-state index contributed by atoms with van der Waals surface area (Å²) in [6.07, 6.45) is 0.712. The average Bonchev–Trinajstić information content (AvgIpc) is 2.65. The number of carboxylic acids is 2. The molecule has 0 saturated carbocycles. The van der Waals surface area contributed by atoms with E-state index in [2.05, 4.69) is 0 Å². The Morgan fingerprint density at radius 1 is 1.11 bits per heavy atom. The maximum atomic E-state index is 12.2. The van der Waals surface area contributed by atoms with Crippen LogP contribution in [0.1, 0.15) is 45.1 Å². The van der Waals surface area contributed by atoms with Crippen molar-refractivity contribution in [1.82, 2.24) is 4.90 Å². The van der Waals surface area contributed by atoms with Crippen LogP contribution in [0.4, 0.5) is 5.69 Å². The van der Waals surface area contributed by atoms with Gasteiger partial charge in [0, 0.05) is 35.1 Å². The van der Waals surface area contributed by atoms with Crippen LogP contribution in [-0.2, 0) is 9.59 Å². The molecule has 0 fully saturated rings. The molecule has 0 aromatic heterocycles. The minimum atomic E-state index is -1.28. The number of hydrogen-bond donors (Lipinski definition) is 2. The number of allylic oxidation sites excluding steroid dienone is 2. The standard InChI is InChI=1S/C19H21ClN2O6/c1-4-13-16(18(23)24)15(11-9-10(22(27)28)7-8-12(11)20)17(19(25)26)14(5-2)21(13)6-3/h7-9,15H,4-6H2,1-3H3,(H,23,24)(H,25,26). The third-order valence-corrected chi connectivity index (χ3v) is 5.14. The van der Waals surface area contributed by atoms with Crippen molar-refractivity contribution in [2.24, 2.45) is 0 Å². The maximum Gasteiger partial charge on any atom is 0.334 e. The highest BCUT2D eigenvalue weighted by molar-refractivity contribution is 6.31. The zero-order valence-electron chi connectivity index (χ0n) is 15.7. The second kappa shape index (κ2) is 8.43. The fourth-order valence-electron chi connectivity index (χ4n) is 3.75. The van der Waals surface area contributed by atoms with Gasteiger partial charge in [0.05, 0.1) is 22.0 Å². The first-order valence-corrected chi connectivity index (χ1v) is 9.21. The van der Waals surface area contributed by atoms with Gasteiger partial charge in [-0.15, -0.1) is 0 Å². The topological polar surface area (TPSA) is 121 Å². The van der Waals surface area contributed by atoms with Gasteiger partial charge in [-0.3, -0.25) is 10.1 Å². The highest BCUT2D eigenvalue weighted by Crippen LogP contribution is 2.46. The highest BCUT2D eigenvalue weighted by Gasteiger charge is 2.41. The number of carboxylic acid groups (broad SMARTS) is 2. The monoisotopic (exact) mass is 408 g/mol. The van der Waals surface area contributed by atoms with E-state index in [1.807, 2.05) is 6.92 Å². The number of nitro benzene ring substituents is 1. The summed E-state index contributed by atoms with van der Waals surface area (Å²) in [5, 5.41) is 31.2. The number of carbonyl (C=O) groups is 2. The Kier molecular flexibility index (Phi) is 6.45. The Hall–Kier alpha value is -2.87. The normalized spacial score (nSPS) is 15.2. The SMILES string of the molecule is CCC1=C(C(=O)O)C(c2cc([N+](=O)[O-])ccc2Cl)C(C(=O)O)=C(CC)N1CC. The lowest BCUT2D eigenvalue weighted by Gasteiger charge is -2.38. The number of nitro groups is 1. The molecular weight excluding hydrogens is 388 g/mol. The van der Waals surface area contributed by atoms with Gasteiger partial charge < -0.3 is 15.1 Å². The van der Waals surface area contributed by atoms with Crippen molar-refractivity contribution >= 4 is 29.2 Å². The Labute approximate surface area is 166 Å². The lowest BCUT2D eigenvalue weighted by atomic mass is 9.78. The molecule has 0 atom stereocenters. The van der Waals surface area contributed by atoms with Crippen LogP contribution in [0.25, 0.3) is 0 Å². The molecule has 2 N–H and O–H groups in total. The van der Waals surface area contributed by atoms with E-state index in [0.717, 1.165) is 6.07 Å². The summed E-state index contributed by atoms with van der Waals surface area (Å²) in [6, 6.07) is 3.64. The van der Waals surface area contributed by atoms with Crippen LogP contribution in [0.15, 0.2) is 40.7 Å². The molecule has 1 aromatic rings. The van der Waals surface area contributed by atoms with Crippen molar-refractivity contribution in [3.8, 4) is 0 Å². The number of benzene rings is 1. The van der Waals surface area contributed by atoms with E-state index in [1.165, 1.54) is 12.1 Å². The third-order valence-electron chi connectivity index (χ3n) is 4.80. The summed E-state index contributed by atoms with van der Waals surface area (Å²) in [5.74, 6) is -3.77. The molecule has 0 unspecified atom stereocenters. The number of aliphatic carboxylic acids is 2. The predicted octanol–water partition coefficient (Wildman–Crippen LogP) is 4.16. The average molecular weight is 409 g/mol. The van der Waals surface area contributed by atoms with E-state index < -0.39 is 22.8 Å². The van der Waals surface area contributed by atoms with E-state index >= 15 is 0 Å². The molecule has 2 rings (SSSR count). The van der Waals surface area contributed by atoms with Crippen molar-refractivity contribution in [3.05, 3.63) is 61.4 Å². The molecule has 0 amide bonds. The number of hydrogen-bond acceptors (Lipinski definition) is 5. The summed E-state index contributed by atoms with van der Waals surface area (Å²) in [6.45, 7) is 5.78. The van der Waals surface area contributed by atoms with E-state index in [4.69, 9.17) is 11.6 Å². The molecule has 0 bridgehead atoms. The van der Waals surface area contributed by atoms with Crippen molar-refractivity contribution in [1.29, 1.82) is 0 Å². The molecule has 150 valence electrons. The first-order chi connectivity index (χ1) is 13.2. The van der Waals surface area contributed by atoms with Crippen molar-refractivity contribution in [3.63, 3.8) is 0 Å². The van der Waals surface area contributed by atoms with Crippen molar-refractivity contribution in [2.45, 2.75) is 39.5 Å². The van der Waals surface area contributed by atoms with Gasteiger partial charge in [0.15, 0.2) is 0 Å². The first kappa shape index (κ1) is 21.4. The molecule has 28 heavy (non-hydrogen) atoms. The molecule has 9 heteroatoms. The third kappa shape index (κ3) is 3.60. The number of halogens is 1. The number of nitrogens with zero attached hydrogens (tertiary/aromatic N) is 2. The predicted molar refractivity (Wildman–Crippen MR) is 103 cm³/mol. The van der Waals surface area contributed by atoms with E-state index in [1.54, 1.807) is 18.7 Å². The van der Waals surface area contributed by atoms with E-state index in [-0.39, 0.29) is 27.4 Å². The van der Waals surface area contributed by atoms with Gasteiger partial charge in [-0.2, -0.15) is 0 Å². The van der Waals surface area contributed by atoms with Gasteiger partial charge in [0.25, 0.3) is 5.69 Å². The Bertz CT molecular complexity index is 866. The molecule has 1 aliphatic heterocycles. The molecular formula is C19H21ClN2O6. The molecule has 1 heterocycles. The summed E-state index contributed by atoms with van der Waals surface area (Å²) >= 11 is 6.26. The zero-order chi connectivity index (χ0) is 21.2. The lowest BCUT2D eigenvalue weighted by molar-refractivity contribution is -0.384. The summed E-state index contributed by atoms with van der Waals surface area (Å²) in [7, 11) is 0. The van der Waals surface area contributed by atoms with Crippen molar-refractivity contribution in [2.75, 3.05) is 6.54 Å². The smallest absolute Gasteiger partial charge is 0.334 e.